The second-order valence-electron chi connectivity index (χ2n) is 6.99. The first-order chi connectivity index (χ1) is 12.3. The number of methoxy groups -OCH3 is 1. The summed E-state index contributed by atoms with van der Waals surface area (Å²) in [6.07, 6.45) is 3.31. The summed E-state index contributed by atoms with van der Waals surface area (Å²) in [5.41, 5.74) is 4.20. The first-order valence-electron chi connectivity index (χ1n) is 9.14. The Morgan fingerprint density at radius 3 is 2.68 bits per heavy atom. The van der Waals surface area contributed by atoms with Gasteiger partial charge in [0.25, 0.3) is 0 Å². The molecule has 2 atom stereocenters. The summed E-state index contributed by atoms with van der Waals surface area (Å²) in [5, 5.41) is 6.53. The third kappa shape index (κ3) is 3.14. The van der Waals surface area contributed by atoms with Crippen LogP contribution in [0.25, 0.3) is 10.8 Å². The lowest BCUT2D eigenvalue weighted by molar-refractivity contribution is 0.387. The molecule has 1 N–H and O–H groups in total. The first kappa shape index (κ1) is 16.2. The predicted octanol–water partition coefficient (Wildman–Crippen LogP) is 5.06. The summed E-state index contributed by atoms with van der Waals surface area (Å²) < 4.78 is 5.53. The molecule has 25 heavy (non-hydrogen) atoms. The van der Waals surface area contributed by atoms with Crippen LogP contribution in [0, 0.1) is 0 Å². The summed E-state index contributed by atoms with van der Waals surface area (Å²) in [7, 11) is 1.77. The summed E-state index contributed by atoms with van der Waals surface area (Å²) in [5.74, 6) is 1.04. The molecule has 2 heteroatoms. The molecule has 0 amide bonds. The zero-order valence-electron chi connectivity index (χ0n) is 15.0. The lowest BCUT2D eigenvalue weighted by Crippen LogP contribution is -2.36. The Morgan fingerprint density at radius 1 is 1.00 bits per heavy atom. The van der Waals surface area contributed by atoms with Crippen LogP contribution in [0.3, 0.4) is 0 Å². The second kappa shape index (κ2) is 6.89. The maximum Gasteiger partial charge on any atom is 0.122 e. The van der Waals surface area contributed by atoms with E-state index in [1.54, 1.807) is 7.11 Å². The van der Waals surface area contributed by atoms with Crippen molar-refractivity contribution in [2.24, 2.45) is 0 Å². The predicted molar refractivity (Wildman–Crippen MR) is 104 cm³/mol. The molecule has 0 bridgehead atoms. The van der Waals surface area contributed by atoms with Crippen LogP contribution in [0.5, 0.6) is 5.75 Å². The van der Waals surface area contributed by atoms with Crippen LogP contribution >= 0.6 is 0 Å². The van der Waals surface area contributed by atoms with Crippen LogP contribution in [0.2, 0.25) is 0 Å². The molecule has 0 saturated carbocycles. The monoisotopic (exact) mass is 331 g/mol. The van der Waals surface area contributed by atoms with Gasteiger partial charge >= 0.3 is 0 Å². The molecule has 0 aliphatic heterocycles. The highest BCUT2D eigenvalue weighted by Gasteiger charge is 2.23. The number of hydrogen-bond donors (Lipinski definition) is 1. The van der Waals surface area contributed by atoms with Crippen molar-refractivity contribution >= 4 is 10.8 Å². The molecule has 0 spiro atoms. The second-order valence-corrected chi connectivity index (χ2v) is 6.99. The van der Waals surface area contributed by atoms with Gasteiger partial charge in [-0.15, -0.1) is 0 Å². The Bertz CT molecular complexity index is 881. The van der Waals surface area contributed by atoms with E-state index in [0.717, 1.165) is 25.0 Å². The number of nitrogens with one attached hydrogen (secondary N) is 1. The smallest absolute Gasteiger partial charge is 0.122 e. The van der Waals surface area contributed by atoms with Gasteiger partial charge in [0.2, 0.25) is 0 Å². The topological polar surface area (TPSA) is 21.3 Å². The molecule has 128 valence electrons. The fraction of sp³-hybridized carbons (Fsp3) is 0.304. The normalized spacial score (nSPS) is 17.9. The number of benzene rings is 3. The fourth-order valence-electron chi connectivity index (χ4n) is 4.18. The van der Waals surface area contributed by atoms with Crippen molar-refractivity contribution in [3.63, 3.8) is 0 Å². The Hall–Kier alpha value is -2.32. The molecule has 0 heterocycles. The Labute approximate surface area is 149 Å². The van der Waals surface area contributed by atoms with Gasteiger partial charge in [-0.3, -0.25) is 0 Å². The quantitative estimate of drug-likeness (QED) is 0.722. The van der Waals surface area contributed by atoms with Gasteiger partial charge < -0.3 is 10.1 Å². The molecule has 4 rings (SSSR count). The molecule has 0 aromatic heterocycles. The van der Waals surface area contributed by atoms with Crippen molar-refractivity contribution in [2.45, 2.75) is 38.3 Å². The van der Waals surface area contributed by atoms with Crippen molar-refractivity contribution in [3.8, 4) is 5.75 Å². The van der Waals surface area contributed by atoms with E-state index in [-0.39, 0.29) is 0 Å². The first-order valence-corrected chi connectivity index (χ1v) is 9.14. The molecule has 2 nitrogen and oxygen atoms in total. The number of ether oxygens (including phenoxy) is 1. The van der Waals surface area contributed by atoms with Gasteiger partial charge in [-0.25, -0.2) is 0 Å². The minimum Gasteiger partial charge on any atom is -0.496 e. The van der Waals surface area contributed by atoms with Crippen molar-refractivity contribution < 1.29 is 4.74 Å². The van der Waals surface area contributed by atoms with E-state index in [1.807, 2.05) is 0 Å². The summed E-state index contributed by atoms with van der Waals surface area (Å²) in [4.78, 5) is 0. The summed E-state index contributed by atoms with van der Waals surface area (Å²) >= 11 is 0. The molecule has 3 aromatic carbocycles. The minimum absolute atomic E-state index is 0.336. The van der Waals surface area contributed by atoms with Crippen molar-refractivity contribution in [2.75, 3.05) is 7.11 Å². The Morgan fingerprint density at radius 2 is 1.80 bits per heavy atom. The molecule has 1 unspecified atom stereocenters. The van der Waals surface area contributed by atoms with Crippen LogP contribution in [0.15, 0.2) is 60.7 Å². The zero-order valence-corrected chi connectivity index (χ0v) is 15.0. The van der Waals surface area contributed by atoms with Crippen LogP contribution < -0.4 is 10.1 Å². The van der Waals surface area contributed by atoms with Crippen LogP contribution in [-0.2, 0) is 12.8 Å². The van der Waals surface area contributed by atoms with Gasteiger partial charge in [0.15, 0.2) is 0 Å². The van der Waals surface area contributed by atoms with Gasteiger partial charge in [0.05, 0.1) is 7.11 Å². The van der Waals surface area contributed by atoms with Crippen LogP contribution in [0.1, 0.15) is 36.1 Å². The van der Waals surface area contributed by atoms with Gasteiger partial charge in [-0.05, 0) is 59.7 Å². The lowest BCUT2D eigenvalue weighted by atomic mass is 9.87. The molecule has 3 aromatic rings. The van der Waals surface area contributed by atoms with Gasteiger partial charge in [0.1, 0.15) is 5.75 Å². The maximum absolute atomic E-state index is 5.53. The Kier molecular flexibility index (Phi) is 4.46. The van der Waals surface area contributed by atoms with E-state index in [0.29, 0.717) is 12.1 Å². The van der Waals surface area contributed by atoms with E-state index >= 15 is 0 Å². The van der Waals surface area contributed by atoms with E-state index in [4.69, 9.17) is 4.74 Å². The maximum atomic E-state index is 5.53. The van der Waals surface area contributed by atoms with Crippen LogP contribution in [-0.4, -0.2) is 13.2 Å². The molecular weight excluding hydrogens is 306 g/mol. The lowest BCUT2D eigenvalue weighted by Gasteiger charge is -2.30. The zero-order chi connectivity index (χ0) is 17.2. The number of rotatable bonds is 4. The Balaban J connectivity index is 1.54. The molecule has 0 radical (unpaired) electrons. The van der Waals surface area contributed by atoms with Crippen molar-refractivity contribution in [1.82, 2.24) is 5.32 Å². The van der Waals surface area contributed by atoms with Crippen molar-refractivity contribution in [3.05, 3.63) is 77.4 Å². The van der Waals surface area contributed by atoms with Gasteiger partial charge in [0, 0.05) is 12.1 Å². The molecule has 0 saturated heterocycles. The standard InChI is InChI=1S/C23H25NO/c1-16(20-11-5-8-17-7-3-4-10-21(17)20)24-19-13-14-22-18(15-19)9-6-12-23(22)25-2/h3-12,16,19,24H,13-15H2,1-2H3/t16-,19?/m1/s1. The molecule has 0 fully saturated rings. The summed E-state index contributed by atoms with van der Waals surface area (Å²) in [6.45, 7) is 2.28. The number of fused-ring (bicyclic) bond motifs is 2. The third-order valence-corrected chi connectivity index (χ3v) is 5.43. The van der Waals surface area contributed by atoms with Gasteiger partial charge in [-0.1, -0.05) is 54.6 Å². The molecule has 1 aliphatic carbocycles. The van der Waals surface area contributed by atoms with E-state index < -0.39 is 0 Å². The highest BCUT2D eigenvalue weighted by atomic mass is 16.5. The fourth-order valence-corrected chi connectivity index (χ4v) is 4.18. The van der Waals surface area contributed by atoms with Gasteiger partial charge in [-0.2, -0.15) is 0 Å². The minimum atomic E-state index is 0.336. The van der Waals surface area contributed by atoms with Crippen molar-refractivity contribution in [1.29, 1.82) is 0 Å². The van der Waals surface area contributed by atoms with E-state index in [2.05, 4.69) is 72.9 Å². The largest absolute Gasteiger partial charge is 0.496 e. The van der Waals surface area contributed by atoms with E-state index in [1.165, 1.54) is 27.5 Å². The average Bonchev–Trinajstić information content (AvgIpc) is 2.66. The number of hydrogen-bond acceptors (Lipinski definition) is 2. The highest BCUT2D eigenvalue weighted by molar-refractivity contribution is 5.86. The van der Waals surface area contributed by atoms with E-state index in [9.17, 15) is 0 Å². The summed E-state index contributed by atoms with van der Waals surface area (Å²) in [6, 6.07) is 22.5. The highest BCUT2D eigenvalue weighted by Crippen LogP contribution is 2.31. The molecular formula is C23H25NO. The van der Waals surface area contributed by atoms with Crippen LogP contribution in [0.4, 0.5) is 0 Å². The average molecular weight is 331 g/mol. The molecule has 1 aliphatic rings. The third-order valence-electron chi connectivity index (χ3n) is 5.43. The SMILES string of the molecule is COc1cccc2c1CCC(N[C@H](C)c1cccc3ccccc13)C2.